The number of carbonyl (C=O) groups is 2. The molecule has 12 heteroatoms. The van der Waals surface area contributed by atoms with E-state index in [-0.39, 0.29) is 35.6 Å². The molecule has 0 aliphatic heterocycles. The van der Waals surface area contributed by atoms with Crippen LogP contribution in [0.2, 0.25) is 10.0 Å². The van der Waals surface area contributed by atoms with Crippen molar-refractivity contribution in [1.82, 2.24) is 14.5 Å². The molecule has 3 aromatic rings. The first-order valence-electron chi connectivity index (χ1n) is 14.0. The fourth-order valence-electron chi connectivity index (χ4n) is 5.11. The molecule has 0 spiro atoms. The standard InChI is InChI=1S/C31H35Cl2FN4O4S/c1-36(2)43(41,42)38(28-15-9-8-14-27(28)34)21-30(39)37(20-23-16-17-24(32)19-26(23)33)29(18-22-10-4-3-5-11-22)31(40)35-25-12-6-7-13-25/h3-5,8-11,14-17,19,25,29H,6-7,12-13,18,20-21H2,1-2H3,(H,35,40)/t29-/m0/s1. The molecular weight excluding hydrogens is 614 g/mol. The summed E-state index contributed by atoms with van der Waals surface area (Å²) < 4.78 is 43.4. The van der Waals surface area contributed by atoms with Gasteiger partial charge < -0.3 is 10.2 Å². The van der Waals surface area contributed by atoms with Gasteiger partial charge in [0.2, 0.25) is 11.8 Å². The number of rotatable bonds is 12. The minimum atomic E-state index is -4.32. The summed E-state index contributed by atoms with van der Waals surface area (Å²) in [5.41, 5.74) is 1.03. The predicted molar refractivity (Wildman–Crippen MR) is 168 cm³/mol. The second-order valence-corrected chi connectivity index (χ2v) is 13.6. The molecule has 2 amide bonds. The van der Waals surface area contributed by atoms with Crippen molar-refractivity contribution < 1.29 is 22.4 Å². The first-order valence-corrected chi connectivity index (χ1v) is 16.1. The molecule has 230 valence electrons. The van der Waals surface area contributed by atoms with E-state index in [1.54, 1.807) is 12.1 Å². The van der Waals surface area contributed by atoms with E-state index in [1.165, 1.54) is 43.3 Å². The topological polar surface area (TPSA) is 90.0 Å². The van der Waals surface area contributed by atoms with Gasteiger partial charge in [-0.2, -0.15) is 12.7 Å². The van der Waals surface area contributed by atoms with Crippen molar-refractivity contribution in [2.45, 2.75) is 50.7 Å². The van der Waals surface area contributed by atoms with Crippen molar-refractivity contribution in [3.8, 4) is 0 Å². The Kier molecular flexibility index (Phi) is 11.1. The molecule has 43 heavy (non-hydrogen) atoms. The number of benzene rings is 3. The van der Waals surface area contributed by atoms with Crippen LogP contribution in [0.15, 0.2) is 72.8 Å². The molecule has 0 bridgehead atoms. The molecule has 0 radical (unpaired) electrons. The van der Waals surface area contributed by atoms with Gasteiger partial charge in [0.05, 0.1) is 5.69 Å². The lowest BCUT2D eigenvalue weighted by molar-refractivity contribution is -0.140. The van der Waals surface area contributed by atoms with Crippen molar-refractivity contribution in [2.24, 2.45) is 0 Å². The van der Waals surface area contributed by atoms with Crippen LogP contribution in [0.25, 0.3) is 0 Å². The minimum Gasteiger partial charge on any atom is -0.352 e. The van der Waals surface area contributed by atoms with Crippen LogP contribution >= 0.6 is 23.2 Å². The summed E-state index contributed by atoms with van der Waals surface area (Å²) in [6.07, 6.45) is 3.83. The molecule has 1 aliphatic rings. The fraction of sp³-hybridized carbons (Fsp3) is 0.355. The van der Waals surface area contributed by atoms with Crippen molar-refractivity contribution in [3.63, 3.8) is 0 Å². The zero-order valence-corrected chi connectivity index (χ0v) is 26.4. The summed E-state index contributed by atoms with van der Waals surface area (Å²) in [6.45, 7) is -0.869. The Hall–Kier alpha value is -3.18. The minimum absolute atomic E-state index is 0.0223. The van der Waals surface area contributed by atoms with Crippen LogP contribution < -0.4 is 9.62 Å². The van der Waals surface area contributed by atoms with Crippen LogP contribution in [0.5, 0.6) is 0 Å². The molecule has 1 saturated carbocycles. The third kappa shape index (κ3) is 8.26. The Balaban J connectivity index is 1.78. The van der Waals surface area contributed by atoms with Gasteiger partial charge in [-0.1, -0.05) is 84.6 Å². The van der Waals surface area contributed by atoms with Crippen LogP contribution in [0.1, 0.15) is 36.8 Å². The number of anilines is 1. The molecule has 1 atom stereocenters. The fourth-order valence-corrected chi connectivity index (χ4v) is 6.64. The average Bonchev–Trinajstić information content (AvgIpc) is 3.48. The third-order valence-electron chi connectivity index (χ3n) is 7.47. The lowest BCUT2D eigenvalue weighted by atomic mass is 10.0. The van der Waals surface area contributed by atoms with Gasteiger partial charge in [-0.15, -0.1) is 0 Å². The summed E-state index contributed by atoms with van der Waals surface area (Å²) in [4.78, 5) is 29.6. The molecule has 1 N–H and O–H groups in total. The van der Waals surface area contributed by atoms with Gasteiger partial charge in [-0.25, -0.2) is 8.70 Å². The average molecular weight is 650 g/mol. The van der Waals surface area contributed by atoms with Gasteiger partial charge >= 0.3 is 10.2 Å². The largest absolute Gasteiger partial charge is 0.352 e. The molecule has 0 aromatic heterocycles. The van der Waals surface area contributed by atoms with E-state index in [1.807, 2.05) is 30.3 Å². The van der Waals surface area contributed by atoms with E-state index in [2.05, 4.69) is 5.32 Å². The highest BCUT2D eigenvalue weighted by Gasteiger charge is 2.36. The zero-order chi connectivity index (χ0) is 31.1. The number of carbonyl (C=O) groups excluding carboxylic acids is 2. The summed E-state index contributed by atoms with van der Waals surface area (Å²) in [6, 6.07) is 18.3. The lowest BCUT2D eigenvalue weighted by Gasteiger charge is -2.35. The van der Waals surface area contributed by atoms with Gasteiger partial charge in [-0.3, -0.25) is 9.59 Å². The Labute approximate surface area is 262 Å². The van der Waals surface area contributed by atoms with Crippen LogP contribution in [0.3, 0.4) is 0 Å². The Morgan fingerprint density at radius 3 is 2.26 bits per heavy atom. The zero-order valence-electron chi connectivity index (χ0n) is 24.0. The van der Waals surface area contributed by atoms with E-state index in [0.717, 1.165) is 45.9 Å². The normalized spacial score (nSPS) is 14.5. The van der Waals surface area contributed by atoms with Crippen molar-refractivity contribution in [3.05, 3.63) is 99.8 Å². The molecule has 8 nitrogen and oxygen atoms in total. The third-order valence-corrected chi connectivity index (χ3v) is 9.86. The van der Waals surface area contributed by atoms with E-state index in [4.69, 9.17) is 23.2 Å². The second-order valence-electron chi connectivity index (χ2n) is 10.7. The quantitative estimate of drug-likeness (QED) is 0.283. The molecule has 0 heterocycles. The first-order chi connectivity index (χ1) is 20.5. The molecule has 0 saturated heterocycles. The molecule has 1 aliphatic carbocycles. The lowest BCUT2D eigenvalue weighted by Crippen LogP contribution is -2.55. The van der Waals surface area contributed by atoms with E-state index >= 15 is 0 Å². The van der Waals surface area contributed by atoms with Crippen molar-refractivity contribution in [1.29, 1.82) is 0 Å². The molecule has 0 unspecified atom stereocenters. The van der Waals surface area contributed by atoms with E-state index < -0.39 is 34.5 Å². The van der Waals surface area contributed by atoms with Gasteiger partial charge in [0, 0.05) is 43.1 Å². The highest BCUT2D eigenvalue weighted by atomic mass is 35.5. The first kappa shape index (κ1) is 32.7. The molecular formula is C31H35Cl2FN4O4S. The molecule has 4 rings (SSSR count). The SMILES string of the molecule is CN(C)S(=O)(=O)N(CC(=O)N(Cc1ccc(Cl)cc1Cl)[C@@H](Cc1ccccc1)C(=O)NC1CCCC1)c1ccccc1F. The summed E-state index contributed by atoms with van der Waals surface area (Å²) in [5.74, 6) is -1.88. The van der Waals surface area contributed by atoms with Crippen LogP contribution in [-0.4, -0.2) is 62.2 Å². The summed E-state index contributed by atoms with van der Waals surface area (Å²) >= 11 is 12.6. The number of nitrogens with one attached hydrogen (secondary N) is 1. The second kappa shape index (κ2) is 14.5. The van der Waals surface area contributed by atoms with Gasteiger partial charge in [0.1, 0.15) is 18.4 Å². The predicted octanol–water partition coefficient (Wildman–Crippen LogP) is 5.44. The maximum atomic E-state index is 15.0. The number of nitrogens with zero attached hydrogens (tertiary/aromatic N) is 3. The molecule has 3 aromatic carbocycles. The van der Waals surface area contributed by atoms with E-state index in [0.29, 0.717) is 10.6 Å². The number of para-hydroxylation sites is 1. The Morgan fingerprint density at radius 1 is 0.977 bits per heavy atom. The van der Waals surface area contributed by atoms with Crippen LogP contribution in [-0.2, 0) is 32.8 Å². The van der Waals surface area contributed by atoms with Gasteiger partial charge in [-0.05, 0) is 48.2 Å². The number of halogens is 3. The smallest absolute Gasteiger partial charge is 0.304 e. The Bertz CT molecular complexity index is 1540. The van der Waals surface area contributed by atoms with Gasteiger partial charge in [0.25, 0.3) is 0 Å². The van der Waals surface area contributed by atoms with E-state index in [9.17, 15) is 22.4 Å². The molecule has 1 fully saturated rings. The van der Waals surface area contributed by atoms with Crippen molar-refractivity contribution in [2.75, 3.05) is 24.9 Å². The number of hydrogen-bond donors (Lipinski definition) is 1. The van der Waals surface area contributed by atoms with Crippen LogP contribution in [0, 0.1) is 5.82 Å². The Morgan fingerprint density at radius 2 is 1.63 bits per heavy atom. The highest BCUT2D eigenvalue weighted by molar-refractivity contribution is 7.90. The summed E-state index contributed by atoms with van der Waals surface area (Å²) in [7, 11) is -1.72. The van der Waals surface area contributed by atoms with Gasteiger partial charge in [0.15, 0.2) is 0 Å². The monoisotopic (exact) mass is 648 g/mol. The number of amides is 2. The summed E-state index contributed by atoms with van der Waals surface area (Å²) in [5, 5.41) is 3.78. The highest BCUT2D eigenvalue weighted by Crippen LogP contribution is 2.27. The number of hydrogen-bond acceptors (Lipinski definition) is 4. The van der Waals surface area contributed by atoms with Crippen molar-refractivity contribution >= 4 is 50.9 Å². The maximum Gasteiger partial charge on any atom is 0.304 e. The maximum absolute atomic E-state index is 15.0. The van der Waals surface area contributed by atoms with Crippen LogP contribution in [0.4, 0.5) is 10.1 Å².